The molecule has 1 aliphatic rings. The molecule has 0 spiro atoms. The predicted molar refractivity (Wildman–Crippen MR) is 98.2 cm³/mol. The Morgan fingerprint density at radius 1 is 1.28 bits per heavy atom. The molecule has 6 nitrogen and oxygen atoms in total. The zero-order chi connectivity index (χ0) is 18.0. The van der Waals surface area contributed by atoms with Crippen molar-refractivity contribution in [3.05, 3.63) is 52.8 Å². The van der Waals surface area contributed by atoms with Gasteiger partial charge >= 0.3 is 0 Å². The standard InChI is InChI=1S/C17H18ClN3O3S/c1-11-2-3-13(18)7-16(11)20-15-6-12(8-19-9-15)17(22)21-14-4-5-25(23,24)10-14/h2-3,6-9,14,20H,4-5,10H2,1H3,(H,21,22). The Bertz CT molecular complexity index is 915. The van der Waals surface area contributed by atoms with Gasteiger partial charge < -0.3 is 10.6 Å². The zero-order valence-electron chi connectivity index (χ0n) is 13.6. The summed E-state index contributed by atoms with van der Waals surface area (Å²) in [6.45, 7) is 1.95. The van der Waals surface area contributed by atoms with Crippen LogP contribution in [0.25, 0.3) is 0 Å². The Hall–Kier alpha value is -2.12. The predicted octanol–water partition coefficient (Wildman–Crippen LogP) is 2.70. The van der Waals surface area contributed by atoms with Crippen LogP contribution >= 0.6 is 11.6 Å². The van der Waals surface area contributed by atoms with Crippen LogP contribution in [-0.2, 0) is 9.84 Å². The third-order valence-electron chi connectivity index (χ3n) is 4.05. The second kappa shape index (κ2) is 7.01. The van der Waals surface area contributed by atoms with E-state index in [1.165, 1.54) is 6.20 Å². The maximum absolute atomic E-state index is 12.3. The number of carbonyl (C=O) groups excluding carboxylic acids is 1. The van der Waals surface area contributed by atoms with Crippen LogP contribution in [0.4, 0.5) is 11.4 Å². The van der Waals surface area contributed by atoms with Crippen molar-refractivity contribution in [2.45, 2.75) is 19.4 Å². The highest BCUT2D eigenvalue weighted by molar-refractivity contribution is 7.91. The van der Waals surface area contributed by atoms with Crippen molar-refractivity contribution in [2.24, 2.45) is 0 Å². The summed E-state index contributed by atoms with van der Waals surface area (Å²) in [7, 11) is -3.04. The van der Waals surface area contributed by atoms with Gasteiger partial charge in [-0.3, -0.25) is 9.78 Å². The molecule has 1 aromatic heterocycles. The lowest BCUT2D eigenvalue weighted by atomic mass is 10.2. The smallest absolute Gasteiger partial charge is 0.253 e. The molecule has 8 heteroatoms. The molecule has 0 aliphatic carbocycles. The Morgan fingerprint density at radius 3 is 2.80 bits per heavy atom. The molecule has 3 rings (SSSR count). The van der Waals surface area contributed by atoms with Crippen LogP contribution in [-0.4, -0.2) is 36.9 Å². The maximum Gasteiger partial charge on any atom is 0.253 e. The Morgan fingerprint density at radius 2 is 2.08 bits per heavy atom. The van der Waals surface area contributed by atoms with Crippen molar-refractivity contribution in [1.82, 2.24) is 10.3 Å². The minimum absolute atomic E-state index is 0.00812. The van der Waals surface area contributed by atoms with Crippen molar-refractivity contribution < 1.29 is 13.2 Å². The van der Waals surface area contributed by atoms with E-state index < -0.39 is 9.84 Å². The summed E-state index contributed by atoms with van der Waals surface area (Å²) in [4.78, 5) is 16.4. The minimum atomic E-state index is -3.04. The lowest BCUT2D eigenvalue weighted by Crippen LogP contribution is -2.35. The second-order valence-corrected chi connectivity index (χ2v) is 8.79. The number of aryl methyl sites for hydroxylation is 1. The third-order valence-corrected chi connectivity index (χ3v) is 6.05. The average Bonchev–Trinajstić information content (AvgIpc) is 2.90. The summed E-state index contributed by atoms with van der Waals surface area (Å²) in [5.74, 6) is -0.224. The molecule has 0 radical (unpaired) electrons. The van der Waals surface area contributed by atoms with Gasteiger partial charge in [-0.25, -0.2) is 8.42 Å². The molecule has 1 unspecified atom stereocenters. The fraction of sp³-hybridized carbons (Fsp3) is 0.294. The van der Waals surface area contributed by atoms with Crippen molar-refractivity contribution >= 4 is 38.7 Å². The lowest BCUT2D eigenvalue weighted by Gasteiger charge is -2.13. The van der Waals surface area contributed by atoms with E-state index in [4.69, 9.17) is 11.6 Å². The van der Waals surface area contributed by atoms with Crippen LogP contribution in [0, 0.1) is 6.92 Å². The molecule has 1 fully saturated rings. The van der Waals surface area contributed by atoms with Gasteiger partial charge in [0.05, 0.1) is 29.0 Å². The number of pyridine rings is 1. The fourth-order valence-corrected chi connectivity index (χ4v) is 4.54. The lowest BCUT2D eigenvalue weighted by molar-refractivity contribution is 0.0941. The van der Waals surface area contributed by atoms with E-state index in [1.54, 1.807) is 24.4 Å². The van der Waals surface area contributed by atoms with E-state index >= 15 is 0 Å². The number of carbonyl (C=O) groups is 1. The fourth-order valence-electron chi connectivity index (χ4n) is 2.69. The normalized spacial score (nSPS) is 18.7. The summed E-state index contributed by atoms with van der Waals surface area (Å²) in [6, 6.07) is 6.83. The number of sulfone groups is 1. The number of anilines is 2. The van der Waals surface area contributed by atoms with E-state index in [-0.39, 0.29) is 23.5 Å². The highest BCUT2D eigenvalue weighted by atomic mass is 35.5. The Labute approximate surface area is 151 Å². The first kappa shape index (κ1) is 17.7. The monoisotopic (exact) mass is 379 g/mol. The number of rotatable bonds is 4. The van der Waals surface area contributed by atoms with Gasteiger partial charge in [-0.15, -0.1) is 0 Å². The summed E-state index contributed by atoms with van der Waals surface area (Å²) in [5.41, 5.74) is 2.86. The first-order valence-corrected chi connectivity index (χ1v) is 10.0. The molecule has 1 aliphatic heterocycles. The highest BCUT2D eigenvalue weighted by Crippen LogP contribution is 2.24. The van der Waals surface area contributed by atoms with Gasteiger partial charge in [-0.05, 0) is 37.1 Å². The third kappa shape index (κ3) is 4.49. The first-order chi connectivity index (χ1) is 11.8. The minimum Gasteiger partial charge on any atom is -0.354 e. The van der Waals surface area contributed by atoms with Crippen LogP contribution < -0.4 is 10.6 Å². The van der Waals surface area contributed by atoms with Crippen LogP contribution in [0.3, 0.4) is 0 Å². The first-order valence-electron chi connectivity index (χ1n) is 7.82. The maximum atomic E-state index is 12.3. The molecule has 0 saturated carbocycles. The molecular formula is C17H18ClN3O3S. The molecule has 1 aromatic carbocycles. The molecular weight excluding hydrogens is 362 g/mol. The summed E-state index contributed by atoms with van der Waals surface area (Å²) >= 11 is 6.01. The average molecular weight is 380 g/mol. The van der Waals surface area contributed by atoms with Crippen LogP contribution in [0.5, 0.6) is 0 Å². The highest BCUT2D eigenvalue weighted by Gasteiger charge is 2.29. The summed E-state index contributed by atoms with van der Waals surface area (Å²) in [6.07, 6.45) is 3.51. The van der Waals surface area contributed by atoms with Gasteiger partial charge in [0.2, 0.25) is 0 Å². The van der Waals surface area contributed by atoms with Gasteiger partial charge in [-0.2, -0.15) is 0 Å². The largest absolute Gasteiger partial charge is 0.354 e. The molecule has 132 valence electrons. The van der Waals surface area contributed by atoms with E-state index in [1.807, 2.05) is 13.0 Å². The number of aromatic nitrogens is 1. The van der Waals surface area contributed by atoms with E-state index in [0.29, 0.717) is 22.7 Å². The van der Waals surface area contributed by atoms with Crippen LogP contribution in [0.15, 0.2) is 36.7 Å². The van der Waals surface area contributed by atoms with E-state index in [9.17, 15) is 13.2 Å². The molecule has 2 N–H and O–H groups in total. The number of hydrogen-bond donors (Lipinski definition) is 2. The van der Waals surface area contributed by atoms with Crippen LogP contribution in [0.2, 0.25) is 5.02 Å². The number of benzene rings is 1. The second-order valence-electron chi connectivity index (χ2n) is 6.12. The van der Waals surface area contributed by atoms with Crippen molar-refractivity contribution in [3.63, 3.8) is 0 Å². The van der Waals surface area contributed by atoms with Gasteiger partial charge in [-0.1, -0.05) is 17.7 Å². The quantitative estimate of drug-likeness (QED) is 0.852. The summed E-state index contributed by atoms with van der Waals surface area (Å²) in [5, 5.41) is 6.56. The van der Waals surface area contributed by atoms with Gasteiger partial charge in [0.15, 0.2) is 9.84 Å². The molecule has 0 bridgehead atoms. The molecule has 1 atom stereocenters. The van der Waals surface area contributed by atoms with E-state index in [0.717, 1.165) is 11.3 Å². The SMILES string of the molecule is Cc1ccc(Cl)cc1Nc1cncc(C(=O)NC2CCS(=O)(=O)C2)c1. The van der Waals surface area contributed by atoms with Crippen LogP contribution in [0.1, 0.15) is 22.3 Å². The molecule has 2 heterocycles. The van der Waals surface area contributed by atoms with Crippen molar-refractivity contribution in [1.29, 1.82) is 0 Å². The topological polar surface area (TPSA) is 88.2 Å². The van der Waals surface area contributed by atoms with Crippen molar-refractivity contribution in [2.75, 3.05) is 16.8 Å². The van der Waals surface area contributed by atoms with Crippen molar-refractivity contribution in [3.8, 4) is 0 Å². The molecule has 25 heavy (non-hydrogen) atoms. The number of nitrogens with one attached hydrogen (secondary N) is 2. The Kier molecular flexibility index (Phi) is 4.96. The summed E-state index contributed by atoms with van der Waals surface area (Å²) < 4.78 is 23.0. The Balaban J connectivity index is 1.73. The molecule has 2 aromatic rings. The number of nitrogens with zero attached hydrogens (tertiary/aromatic N) is 1. The van der Waals surface area contributed by atoms with E-state index in [2.05, 4.69) is 15.6 Å². The van der Waals surface area contributed by atoms with Gasteiger partial charge in [0, 0.05) is 22.9 Å². The molecule has 1 amide bonds. The molecule has 1 saturated heterocycles. The number of halogens is 1. The zero-order valence-corrected chi connectivity index (χ0v) is 15.2. The van der Waals surface area contributed by atoms with Gasteiger partial charge in [0.1, 0.15) is 0 Å². The number of hydrogen-bond acceptors (Lipinski definition) is 5. The van der Waals surface area contributed by atoms with Gasteiger partial charge in [0.25, 0.3) is 5.91 Å². The number of amides is 1.